The molecule has 1 aliphatic carbocycles. The molecule has 2 nitrogen and oxygen atoms in total. The lowest BCUT2D eigenvalue weighted by Gasteiger charge is -2.20. The fourth-order valence-corrected chi connectivity index (χ4v) is 2.75. The number of allylic oxidation sites excluding steroid dienone is 1. The van der Waals surface area contributed by atoms with Gasteiger partial charge < -0.3 is 9.84 Å². The smallest absolute Gasteiger partial charge is 0.100 e. The van der Waals surface area contributed by atoms with Crippen LogP contribution in [-0.4, -0.2) is 12.2 Å². The average Bonchev–Trinajstić information content (AvgIpc) is 2.39. The molecule has 1 aromatic carbocycles. The normalized spacial score (nSPS) is 21.1. The van der Waals surface area contributed by atoms with Gasteiger partial charge in [0, 0.05) is 7.11 Å². The maximum atomic E-state index is 10.6. The Balaban J connectivity index is 2.19. The van der Waals surface area contributed by atoms with E-state index in [1.807, 2.05) is 24.3 Å². The Bertz CT molecular complexity index is 423. The van der Waals surface area contributed by atoms with E-state index in [0.29, 0.717) is 6.61 Å². The van der Waals surface area contributed by atoms with E-state index in [9.17, 15) is 5.11 Å². The molecule has 0 radical (unpaired) electrons. The lowest BCUT2D eigenvalue weighted by molar-refractivity contribution is 0.174. The van der Waals surface area contributed by atoms with Crippen molar-refractivity contribution in [1.82, 2.24) is 0 Å². The van der Waals surface area contributed by atoms with E-state index in [1.165, 1.54) is 31.3 Å². The molecule has 0 aliphatic heterocycles. The Morgan fingerprint density at radius 2 is 1.95 bits per heavy atom. The predicted molar refractivity (Wildman–Crippen MR) is 77.9 cm³/mol. The van der Waals surface area contributed by atoms with Crippen LogP contribution in [0.2, 0.25) is 0 Å². The quantitative estimate of drug-likeness (QED) is 0.824. The second-order valence-corrected chi connectivity index (χ2v) is 5.27. The third kappa shape index (κ3) is 3.92. The van der Waals surface area contributed by atoms with E-state index in [-0.39, 0.29) is 0 Å². The molecule has 1 aliphatic rings. The van der Waals surface area contributed by atoms with Gasteiger partial charge in [0.15, 0.2) is 0 Å². The van der Waals surface area contributed by atoms with Crippen LogP contribution in [0.3, 0.4) is 0 Å². The Morgan fingerprint density at radius 3 is 2.79 bits per heavy atom. The number of hydrogen-bond acceptors (Lipinski definition) is 2. The van der Waals surface area contributed by atoms with E-state index < -0.39 is 6.10 Å². The fourth-order valence-electron chi connectivity index (χ4n) is 2.75. The first kappa shape index (κ1) is 14.3. The van der Waals surface area contributed by atoms with E-state index in [0.717, 1.165) is 24.0 Å². The van der Waals surface area contributed by atoms with Crippen molar-refractivity contribution in [2.24, 2.45) is 0 Å². The topological polar surface area (TPSA) is 29.5 Å². The van der Waals surface area contributed by atoms with E-state index in [4.69, 9.17) is 4.74 Å². The minimum Gasteiger partial charge on any atom is -0.384 e. The molecule has 2 heteroatoms. The van der Waals surface area contributed by atoms with Crippen molar-refractivity contribution in [3.8, 4) is 0 Å². The van der Waals surface area contributed by atoms with Gasteiger partial charge in [-0.3, -0.25) is 0 Å². The number of methoxy groups -OCH3 is 1. The van der Waals surface area contributed by atoms with Crippen molar-refractivity contribution in [3.05, 3.63) is 47.0 Å². The molecule has 0 bridgehead atoms. The zero-order chi connectivity index (χ0) is 13.5. The van der Waals surface area contributed by atoms with Gasteiger partial charge in [-0.15, -0.1) is 0 Å². The highest BCUT2D eigenvalue weighted by Gasteiger charge is 2.17. The minimum atomic E-state index is -0.468. The van der Waals surface area contributed by atoms with Crippen LogP contribution in [0.25, 0.3) is 0 Å². The largest absolute Gasteiger partial charge is 0.384 e. The third-order valence-electron chi connectivity index (χ3n) is 3.83. The second-order valence-electron chi connectivity index (χ2n) is 5.27. The first-order valence-electron chi connectivity index (χ1n) is 7.26. The SMILES string of the molecule is COCc1ccccc1C(O)/C1=C/CCCCCC1. The standard InChI is InChI=1S/C17H24O2/c1-19-13-15-11-7-8-12-16(15)17(18)14-9-5-3-2-4-6-10-14/h7-9,11-12,17-18H,2-6,10,13H2,1H3/b14-9+. The Morgan fingerprint density at radius 1 is 1.16 bits per heavy atom. The summed E-state index contributed by atoms with van der Waals surface area (Å²) in [5.41, 5.74) is 3.26. The summed E-state index contributed by atoms with van der Waals surface area (Å²) in [5.74, 6) is 0. The molecule has 1 atom stereocenters. The molecular formula is C17H24O2. The number of benzene rings is 1. The highest BCUT2D eigenvalue weighted by molar-refractivity contribution is 5.33. The molecule has 1 unspecified atom stereocenters. The van der Waals surface area contributed by atoms with Crippen molar-refractivity contribution in [2.45, 2.75) is 51.2 Å². The van der Waals surface area contributed by atoms with E-state index in [2.05, 4.69) is 6.08 Å². The Labute approximate surface area is 116 Å². The first-order chi connectivity index (χ1) is 9.33. The molecule has 2 rings (SSSR count). The van der Waals surface area contributed by atoms with Gasteiger partial charge in [-0.05, 0) is 42.4 Å². The molecule has 0 saturated carbocycles. The Kier molecular flexibility index (Phi) is 5.62. The fraction of sp³-hybridized carbons (Fsp3) is 0.529. The number of hydrogen-bond donors (Lipinski definition) is 1. The zero-order valence-corrected chi connectivity index (χ0v) is 11.8. The van der Waals surface area contributed by atoms with Crippen LogP contribution in [0, 0.1) is 0 Å². The van der Waals surface area contributed by atoms with Crippen LogP contribution in [0.5, 0.6) is 0 Å². The van der Waals surface area contributed by atoms with Crippen LogP contribution in [0.4, 0.5) is 0 Å². The summed E-state index contributed by atoms with van der Waals surface area (Å²) in [7, 11) is 1.69. The molecule has 0 heterocycles. The summed E-state index contributed by atoms with van der Waals surface area (Å²) in [5, 5.41) is 10.6. The molecule has 0 spiro atoms. The van der Waals surface area contributed by atoms with Gasteiger partial charge in [-0.2, -0.15) is 0 Å². The molecular weight excluding hydrogens is 236 g/mol. The van der Waals surface area contributed by atoms with Crippen LogP contribution in [-0.2, 0) is 11.3 Å². The number of aliphatic hydroxyl groups is 1. The summed E-state index contributed by atoms with van der Waals surface area (Å²) in [6.45, 7) is 0.556. The summed E-state index contributed by atoms with van der Waals surface area (Å²) >= 11 is 0. The van der Waals surface area contributed by atoms with E-state index >= 15 is 0 Å². The highest BCUT2D eigenvalue weighted by Crippen LogP contribution is 2.30. The average molecular weight is 260 g/mol. The molecule has 19 heavy (non-hydrogen) atoms. The molecule has 0 amide bonds. The summed E-state index contributed by atoms with van der Waals surface area (Å²) in [4.78, 5) is 0. The number of rotatable bonds is 4. The van der Waals surface area contributed by atoms with Crippen molar-refractivity contribution >= 4 is 0 Å². The van der Waals surface area contributed by atoms with Crippen molar-refractivity contribution in [2.75, 3.05) is 7.11 Å². The maximum Gasteiger partial charge on any atom is 0.100 e. The molecule has 1 aromatic rings. The van der Waals surface area contributed by atoms with Crippen molar-refractivity contribution in [3.63, 3.8) is 0 Å². The zero-order valence-electron chi connectivity index (χ0n) is 11.8. The highest BCUT2D eigenvalue weighted by atomic mass is 16.5. The third-order valence-corrected chi connectivity index (χ3v) is 3.83. The number of ether oxygens (including phenoxy) is 1. The summed E-state index contributed by atoms with van der Waals surface area (Å²) < 4.78 is 5.22. The second kappa shape index (κ2) is 7.46. The van der Waals surface area contributed by atoms with Crippen molar-refractivity contribution < 1.29 is 9.84 Å². The molecule has 1 N–H and O–H groups in total. The van der Waals surface area contributed by atoms with Gasteiger partial charge in [-0.1, -0.05) is 43.2 Å². The van der Waals surface area contributed by atoms with Gasteiger partial charge in [0.25, 0.3) is 0 Å². The molecule has 0 aromatic heterocycles. The maximum absolute atomic E-state index is 10.6. The van der Waals surface area contributed by atoms with Gasteiger partial charge in [0.2, 0.25) is 0 Å². The molecule has 0 saturated heterocycles. The van der Waals surface area contributed by atoms with Crippen LogP contribution < -0.4 is 0 Å². The Hall–Kier alpha value is -1.12. The predicted octanol–water partition coefficient (Wildman–Crippen LogP) is 4.15. The monoisotopic (exact) mass is 260 g/mol. The molecule has 104 valence electrons. The van der Waals surface area contributed by atoms with Crippen LogP contribution in [0.15, 0.2) is 35.9 Å². The van der Waals surface area contributed by atoms with Gasteiger partial charge in [0.05, 0.1) is 6.61 Å². The van der Waals surface area contributed by atoms with Crippen molar-refractivity contribution in [1.29, 1.82) is 0 Å². The van der Waals surface area contributed by atoms with Gasteiger partial charge in [0.1, 0.15) is 6.10 Å². The first-order valence-corrected chi connectivity index (χ1v) is 7.26. The van der Waals surface area contributed by atoms with Crippen LogP contribution >= 0.6 is 0 Å². The number of aliphatic hydroxyl groups excluding tert-OH is 1. The van der Waals surface area contributed by atoms with Gasteiger partial charge in [-0.25, -0.2) is 0 Å². The summed E-state index contributed by atoms with van der Waals surface area (Å²) in [6, 6.07) is 8.03. The van der Waals surface area contributed by atoms with E-state index in [1.54, 1.807) is 7.11 Å². The summed E-state index contributed by atoms with van der Waals surface area (Å²) in [6.07, 6.45) is 8.92. The van der Waals surface area contributed by atoms with Gasteiger partial charge >= 0.3 is 0 Å². The lowest BCUT2D eigenvalue weighted by Crippen LogP contribution is -2.07. The lowest BCUT2D eigenvalue weighted by atomic mass is 9.91. The minimum absolute atomic E-state index is 0.468. The molecule has 0 fully saturated rings. The van der Waals surface area contributed by atoms with Crippen LogP contribution in [0.1, 0.15) is 55.8 Å².